The number of aliphatic hydroxyl groups excluding tert-OH is 1. The van der Waals surface area contributed by atoms with E-state index in [9.17, 15) is 0 Å². The Morgan fingerprint density at radius 2 is 2.16 bits per heavy atom. The highest BCUT2D eigenvalue weighted by atomic mass is 16.3. The third-order valence-electron chi connectivity index (χ3n) is 2.45. The van der Waals surface area contributed by atoms with Gasteiger partial charge in [0.15, 0.2) is 0 Å². The molecule has 6 nitrogen and oxygen atoms in total. The lowest BCUT2D eigenvalue weighted by Gasteiger charge is -2.09. The lowest BCUT2D eigenvalue weighted by molar-refractivity contribution is 0.311. The first kappa shape index (κ1) is 13.2. The average Bonchev–Trinajstić information content (AvgIpc) is 2.43. The molecule has 2 rings (SSSR count). The van der Waals surface area contributed by atoms with Crippen LogP contribution in [0.2, 0.25) is 0 Å². The lowest BCUT2D eigenvalue weighted by atomic mass is 10.3. The van der Waals surface area contributed by atoms with E-state index in [1.165, 1.54) is 0 Å². The molecule has 0 bridgehead atoms. The van der Waals surface area contributed by atoms with Crippen molar-refractivity contribution in [1.82, 2.24) is 15.0 Å². The second kappa shape index (κ2) is 6.65. The van der Waals surface area contributed by atoms with Crippen molar-refractivity contribution in [2.45, 2.75) is 13.5 Å². The van der Waals surface area contributed by atoms with Crippen molar-refractivity contribution in [2.24, 2.45) is 0 Å². The predicted molar refractivity (Wildman–Crippen MR) is 73.9 cm³/mol. The van der Waals surface area contributed by atoms with Crippen LogP contribution in [0, 0.1) is 6.92 Å². The minimum Gasteiger partial charge on any atom is -0.395 e. The molecular formula is C13H17N5O. The van der Waals surface area contributed by atoms with E-state index in [0.29, 0.717) is 24.9 Å². The van der Waals surface area contributed by atoms with Crippen molar-refractivity contribution in [1.29, 1.82) is 0 Å². The highest BCUT2D eigenvalue weighted by Gasteiger charge is 2.01. The second-order valence-electron chi connectivity index (χ2n) is 4.08. The molecule has 0 saturated heterocycles. The Balaban J connectivity index is 2.01. The Labute approximate surface area is 112 Å². The second-order valence-corrected chi connectivity index (χ2v) is 4.08. The minimum atomic E-state index is 0.0709. The van der Waals surface area contributed by atoms with Gasteiger partial charge in [0.2, 0.25) is 5.95 Å². The van der Waals surface area contributed by atoms with Crippen LogP contribution in [0.5, 0.6) is 0 Å². The number of aromatic nitrogens is 3. The lowest BCUT2D eigenvalue weighted by Crippen LogP contribution is -2.10. The van der Waals surface area contributed by atoms with Crippen molar-refractivity contribution in [2.75, 3.05) is 23.8 Å². The first-order valence-corrected chi connectivity index (χ1v) is 6.11. The predicted octanol–water partition coefficient (Wildman–Crippen LogP) is 1.20. The van der Waals surface area contributed by atoms with E-state index in [-0.39, 0.29) is 6.61 Å². The molecule has 100 valence electrons. The van der Waals surface area contributed by atoms with Gasteiger partial charge in [-0.1, -0.05) is 6.07 Å². The summed E-state index contributed by atoms with van der Waals surface area (Å²) in [5, 5.41) is 15.0. The van der Waals surface area contributed by atoms with Crippen LogP contribution >= 0.6 is 0 Å². The van der Waals surface area contributed by atoms with E-state index < -0.39 is 0 Å². The van der Waals surface area contributed by atoms with Crippen LogP contribution in [-0.2, 0) is 6.54 Å². The molecule has 0 unspecified atom stereocenters. The number of hydrogen-bond acceptors (Lipinski definition) is 6. The van der Waals surface area contributed by atoms with Gasteiger partial charge in [0, 0.05) is 37.2 Å². The minimum absolute atomic E-state index is 0.0709. The summed E-state index contributed by atoms with van der Waals surface area (Å²) in [6, 6.07) is 5.72. The van der Waals surface area contributed by atoms with Crippen molar-refractivity contribution in [3.63, 3.8) is 0 Å². The van der Waals surface area contributed by atoms with E-state index in [4.69, 9.17) is 5.11 Å². The van der Waals surface area contributed by atoms with Gasteiger partial charge in [0.05, 0.1) is 6.61 Å². The van der Waals surface area contributed by atoms with E-state index >= 15 is 0 Å². The summed E-state index contributed by atoms with van der Waals surface area (Å²) in [6.07, 6.45) is 3.54. The average molecular weight is 259 g/mol. The van der Waals surface area contributed by atoms with Crippen molar-refractivity contribution in [3.8, 4) is 0 Å². The van der Waals surface area contributed by atoms with Crippen LogP contribution in [0.3, 0.4) is 0 Å². The molecule has 0 spiro atoms. The zero-order valence-corrected chi connectivity index (χ0v) is 10.8. The topological polar surface area (TPSA) is 83.0 Å². The van der Waals surface area contributed by atoms with Gasteiger partial charge in [-0.3, -0.25) is 4.98 Å². The zero-order valence-electron chi connectivity index (χ0n) is 10.8. The van der Waals surface area contributed by atoms with Gasteiger partial charge in [-0.15, -0.1) is 0 Å². The molecule has 6 heteroatoms. The van der Waals surface area contributed by atoms with E-state index in [1.807, 2.05) is 25.1 Å². The molecule has 0 radical (unpaired) electrons. The maximum Gasteiger partial charge on any atom is 0.225 e. The maximum absolute atomic E-state index is 8.79. The number of aryl methyl sites for hydroxylation is 1. The highest BCUT2D eigenvalue weighted by Crippen LogP contribution is 2.10. The molecular weight excluding hydrogens is 242 g/mol. The number of nitrogens with zero attached hydrogens (tertiary/aromatic N) is 3. The fraction of sp³-hybridized carbons (Fsp3) is 0.308. The molecule has 2 heterocycles. The van der Waals surface area contributed by atoms with Gasteiger partial charge in [-0.05, 0) is 18.6 Å². The van der Waals surface area contributed by atoms with Crippen LogP contribution in [0.1, 0.15) is 11.3 Å². The van der Waals surface area contributed by atoms with Gasteiger partial charge in [-0.25, -0.2) is 4.98 Å². The summed E-state index contributed by atoms with van der Waals surface area (Å²) in [6.45, 7) is 3.07. The normalized spacial score (nSPS) is 10.2. The Bertz CT molecular complexity index is 518. The first-order chi connectivity index (χ1) is 9.28. The van der Waals surface area contributed by atoms with Crippen LogP contribution in [0.25, 0.3) is 0 Å². The molecule has 0 saturated carbocycles. The fourth-order valence-electron chi connectivity index (χ4n) is 1.61. The van der Waals surface area contributed by atoms with E-state index in [0.717, 1.165) is 11.3 Å². The SMILES string of the molecule is Cc1cc(NCCO)nc(NCc2cccnc2)n1. The molecule has 0 amide bonds. The van der Waals surface area contributed by atoms with E-state index in [2.05, 4.69) is 25.6 Å². The Morgan fingerprint density at radius 3 is 2.89 bits per heavy atom. The molecule has 0 aliphatic rings. The maximum atomic E-state index is 8.79. The largest absolute Gasteiger partial charge is 0.395 e. The fourth-order valence-corrected chi connectivity index (χ4v) is 1.61. The van der Waals surface area contributed by atoms with Crippen LogP contribution < -0.4 is 10.6 Å². The summed E-state index contributed by atoms with van der Waals surface area (Å²) in [4.78, 5) is 12.7. The number of aliphatic hydroxyl groups is 1. The summed E-state index contributed by atoms with van der Waals surface area (Å²) in [7, 11) is 0. The molecule has 0 aliphatic heterocycles. The summed E-state index contributed by atoms with van der Waals surface area (Å²) >= 11 is 0. The van der Waals surface area contributed by atoms with Gasteiger partial charge in [0.25, 0.3) is 0 Å². The molecule has 2 aromatic heterocycles. The third-order valence-corrected chi connectivity index (χ3v) is 2.45. The van der Waals surface area contributed by atoms with Crippen molar-refractivity contribution >= 4 is 11.8 Å². The number of rotatable bonds is 6. The van der Waals surface area contributed by atoms with E-state index in [1.54, 1.807) is 12.4 Å². The number of anilines is 2. The number of pyridine rings is 1. The molecule has 19 heavy (non-hydrogen) atoms. The highest BCUT2D eigenvalue weighted by molar-refractivity contribution is 5.42. The Kier molecular flexibility index (Phi) is 4.63. The molecule has 0 aromatic carbocycles. The number of hydrogen-bond donors (Lipinski definition) is 3. The molecule has 3 N–H and O–H groups in total. The van der Waals surface area contributed by atoms with Crippen LogP contribution in [0.4, 0.5) is 11.8 Å². The van der Waals surface area contributed by atoms with Gasteiger partial charge in [-0.2, -0.15) is 4.98 Å². The molecule has 0 aliphatic carbocycles. The van der Waals surface area contributed by atoms with Gasteiger partial charge < -0.3 is 15.7 Å². The summed E-state index contributed by atoms with van der Waals surface area (Å²) in [5.74, 6) is 1.26. The van der Waals surface area contributed by atoms with Gasteiger partial charge in [0.1, 0.15) is 5.82 Å². The third kappa shape index (κ3) is 4.18. The quantitative estimate of drug-likeness (QED) is 0.723. The smallest absolute Gasteiger partial charge is 0.225 e. The molecule has 0 atom stereocenters. The summed E-state index contributed by atoms with van der Waals surface area (Å²) < 4.78 is 0. The zero-order chi connectivity index (χ0) is 13.5. The first-order valence-electron chi connectivity index (χ1n) is 6.11. The van der Waals surface area contributed by atoms with Crippen LogP contribution in [0.15, 0.2) is 30.6 Å². The molecule has 2 aromatic rings. The van der Waals surface area contributed by atoms with Crippen molar-refractivity contribution in [3.05, 3.63) is 41.9 Å². The Hall–Kier alpha value is -2.21. The summed E-state index contributed by atoms with van der Waals surface area (Å²) in [5.41, 5.74) is 1.93. The van der Waals surface area contributed by atoms with Crippen molar-refractivity contribution < 1.29 is 5.11 Å². The Morgan fingerprint density at radius 1 is 1.26 bits per heavy atom. The molecule has 0 fully saturated rings. The standard InChI is InChI=1S/C13H17N5O/c1-10-7-12(15-5-6-19)18-13(17-10)16-9-11-3-2-4-14-8-11/h2-4,7-8,19H,5-6,9H2,1H3,(H2,15,16,17,18). The number of nitrogens with one attached hydrogen (secondary N) is 2. The monoisotopic (exact) mass is 259 g/mol. The van der Waals surface area contributed by atoms with Crippen LogP contribution in [-0.4, -0.2) is 33.2 Å². The van der Waals surface area contributed by atoms with Gasteiger partial charge >= 0.3 is 0 Å².